The molecule has 4 rings (SSSR count). The predicted octanol–water partition coefficient (Wildman–Crippen LogP) is 5.11. The molecule has 0 spiro atoms. The predicted molar refractivity (Wildman–Crippen MR) is 147 cm³/mol. The average Bonchev–Trinajstić information content (AvgIpc) is 2.90. The third-order valence-electron chi connectivity index (χ3n) is 6.26. The highest BCUT2D eigenvalue weighted by Crippen LogP contribution is 2.30. The number of esters is 1. The number of halogens is 2. The molecule has 1 saturated heterocycles. The summed E-state index contributed by atoms with van der Waals surface area (Å²) >= 11 is 0. The molecule has 6 nitrogen and oxygen atoms in total. The number of carbonyl (C=O) groups excluding carboxylic acids is 1. The summed E-state index contributed by atoms with van der Waals surface area (Å²) in [6.45, 7) is 4.85. The lowest BCUT2D eigenvalue weighted by atomic mass is 9.96. The lowest BCUT2D eigenvalue weighted by molar-refractivity contribution is 0.0407. The highest BCUT2D eigenvalue weighted by Gasteiger charge is 2.26. The van der Waals surface area contributed by atoms with Crippen LogP contribution < -0.4 is 9.47 Å². The van der Waals surface area contributed by atoms with Crippen molar-refractivity contribution >= 4 is 30.8 Å². The van der Waals surface area contributed by atoms with Gasteiger partial charge in [0.25, 0.3) is 0 Å². The molecule has 1 fully saturated rings. The van der Waals surface area contributed by atoms with E-state index in [4.69, 9.17) is 14.2 Å². The Morgan fingerprint density at radius 3 is 1.86 bits per heavy atom. The van der Waals surface area contributed by atoms with E-state index in [0.29, 0.717) is 30.2 Å². The van der Waals surface area contributed by atoms with Gasteiger partial charge in [0.15, 0.2) is 11.5 Å². The smallest absolute Gasteiger partial charge is 0.338 e. The van der Waals surface area contributed by atoms with E-state index in [2.05, 4.69) is 70.5 Å². The van der Waals surface area contributed by atoms with Crippen molar-refractivity contribution in [2.45, 2.75) is 6.04 Å². The molecule has 0 N–H and O–H groups in total. The van der Waals surface area contributed by atoms with E-state index in [1.165, 1.54) is 11.1 Å². The van der Waals surface area contributed by atoms with Crippen LogP contribution in [0.15, 0.2) is 78.9 Å². The number of ether oxygens (including phenoxy) is 3. The van der Waals surface area contributed by atoms with Crippen LogP contribution >= 0.6 is 24.8 Å². The van der Waals surface area contributed by atoms with Crippen LogP contribution in [0.4, 0.5) is 0 Å². The van der Waals surface area contributed by atoms with E-state index < -0.39 is 0 Å². The standard InChI is InChI=1S/C28H32N2O4.2ClH/c1-32-25-14-13-24(21-26(25)33-2)28(31)34-20-19-29-15-17-30(18-16-29)27(22-9-5-3-6-10-22)23-11-7-4-8-12-23;;/h3-14,21,27H,15-20H2,1-2H3;2*1H. The molecule has 0 radical (unpaired) electrons. The number of methoxy groups -OCH3 is 2. The SMILES string of the molecule is COc1ccc(C(=O)OCCN2CCN(C(c3ccccc3)c3ccccc3)CC2)cc1OC.Cl.Cl. The number of hydrogen-bond acceptors (Lipinski definition) is 6. The van der Waals surface area contributed by atoms with Gasteiger partial charge in [-0.25, -0.2) is 4.79 Å². The summed E-state index contributed by atoms with van der Waals surface area (Å²) in [7, 11) is 3.12. The first kappa shape index (κ1) is 29.5. The highest BCUT2D eigenvalue weighted by atomic mass is 35.5. The zero-order valence-electron chi connectivity index (χ0n) is 20.7. The van der Waals surface area contributed by atoms with Crippen molar-refractivity contribution in [1.82, 2.24) is 9.80 Å². The molecule has 1 aliphatic rings. The van der Waals surface area contributed by atoms with Gasteiger partial charge in [-0.1, -0.05) is 60.7 Å². The van der Waals surface area contributed by atoms with Crippen LogP contribution in [-0.4, -0.2) is 69.3 Å². The number of piperazine rings is 1. The van der Waals surface area contributed by atoms with Crippen LogP contribution in [-0.2, 0) is 4.74 Å². The Morgan fingerprint density at radius 1 is 0.778 bits per heavy atom. The normalized spacial score (nSPS) is 13.9. The van der Waals surface area contributed by atoms with E-state index in [-0.39, 0.29) is 36.8 Å². The van der Waals surface area contributed by atoms with Gasteiger partial charge in [0.1, 0.15) is 6.61 Å². The van der Waals surface area contributed by atoms with Gasteiger partial charge in [0.05, 0.1) is 25.8 Å². The Hall–Kier alpha value is -2.77. The van der Waals surface area contributed by atoms with E-state index in [1.54, 1.807) is 32.4 Å². The molecule has 194 valence electrons. The highest BCUT2D eigenvalue weighted by molar-refractivity contribution is 5.90. The van der Waals surface area contributed by atoms with Crippen LogP contribution in [0.3, 0.4) is 0 Å². The molecule has 3 aromatic carbocycles. The average molecular weight is 533 g/mol. The Kier molecular flexibility index (Phi) is 12.0. The van der Waals surface area contributed by atoms with Crippen LogP contribution in [0.1, 0.15) is 27.5 Å². The van der Waals surface area contributed by atoms with Gasteiger partial charge in [-0.15, -0.1) is 24.8 Å². The number of rotatable bonds is 9. The van der Waals surface area contributed by atoms with Gasteiger partial charge in [-0.2, -0.15) is 0 Å². The van der Waals surface area contributed by atoms with E-state index in [1.807, 2.05) is 0 Å². The number of hydrogen-bond donors (Lipinski definition) is 0. The summed E-state index contributed by atoms with van der Waals surface area (Å²) in [5, 5.41) is 0. The molecule has 1 aliphatic heterocycles. The Bertz CT molecular complexity index is 1020. The first-order valence-electron chi connectivity index (χ1n) is 11.6. The summed E-state index contributed by atoms with van der Waals surface area (Å²) in [5.74, 6) is 0.744. The van der Waals surface area contributed by atoms with Gasteiger partial charge >= 0.3 is 5.97 Å². The largest absolute Gasteiger partial charge is 0.493 e. The quantitative estimate of drug-likeness (QED) is 0.357. The molecular formula is C28H34Cl2N2O4. The number of carbonyl (C=O) groups is 1. The Labute approximate surface area is 226 Å². The maximum Gasteiger partial charge on any atom is 0.338 e. The maximum absolute atomic E-state index is 12.5. The number of benzene rings is 3. The summed E-state index contributed by atoms with van der Waals surface area (Å²) in [6, 6.07) is 26.7. The van der Waals surface area contributed by atoms with Crippen LogP contribution in [0.2, 0.25) is 0 Å². The molecular weight excluding hydrogens is 499 g/mol. The summed E-state index contributed by atoms with van der Waals surface area (Å²) in [6.07, 6.45) is 0. The van der Waals surface area contributed by atoms with E-state index in [9.17, 15) is 4.79 Å². The van der Waals surface area contributed by atoms with Crippen molar-refractivity contribution in [1.29, 1.82) is 0 Å². The van der Waals surface area contributed by atoms with Crippen molar-refractivity contribution in [2.75, 3.05) is 53.6 Å². The van der Waals surface area contributed by atoms with E-state index in [0.717, 1.165) is 26.2 Å². The molecule has 0 atom stereocenters. The maximum atomic E-state index is 12.5. The molecule has 0 aromatic heterocycles. The molecule has 0 aliphatic carbocycles. The van der Waals surface area contributed by atoms with Crippen LogP contribution in [0.5, 0.6) is 11.5 Å². The van der Waals surface area contributed by atoms with Gasteiger partial charge in [0.2, 0.25) is 0 Å². The fourth-order valence-corrected chi connectivity index (χ4v) is 4.44. The molecule has 0 unspecified atom stereocenters. The molecule has 0 amide bonds. The zero-order chi connectivity index (χ0) is 23.8. The fraction of sp³-hybridized carbons (Fsp3) is 0.321. The number of nitrogens with zero attached hydrogens (tertiary/aromatic N) is 2. The summed E-state index contributed by atoms with van der Waals surface area (Å²) in [4.78, 5) is 17.4. The fourth-order valence-electron chi connectivity index (χ4n) is 4.44. The second kappa shape index (κ2) is 14.7. The van der Waals surface area contributed by atoms with Gasteiger partial charge in [-0.05, 0) is 29.3 Å². The summed E-state index contributed by atoms with van der Waals surface area (Å²) in [5.41, 5.74) is 3.08. The van der Waals surface area contributed by atoms with Crippen LogP contribution in [0.25, 0.3) is 0 Å². The minimum atomic E-state index is -0.354. The molecule has 0 saturated carbocycles. The van der Waals surface area contributed by atoms with Gasteiger partial charge in [0, 0.05) is 32.7 Å². The lowest BCUT2D eigenvalue weighted by Crippen LogP contribution is -2.48. The van der Waals surface area contributed by atoms with Crippen molar-refractivity contribution in [3.8, 4) is 11.5 Å². The topological polar surface area (TPSA) is 51.2 Å². The van der Waals surface area contributed by atoms with Crippen molar-refractivity contribution in [2.24, 2.45) is 0 Å². The molecule has 36 heavy (non-hydrogen) atoms. The van der Waals surface area contributed by atoms with Crippen LogP contribution in [0, 0.1) is 0 Å². The monoisotopic (exact) mass is 532 g/mol. The third-order valence-corrected chi connectivity index (χ3v) is 6.26. The molecule has 8 heteroatoms. The minimum absolute atomic E-state index is 0. The van der Waals surface area contributed by atoms with Crippen molar-refractivity contribution in [3.63, 3.8) is 0 Å². The molecule has 3 aromatic rings. The zero-order valence-corrected chi connectivity index (χ0v) is 22.3. The Morgan fingerprint density at radius 2 is 1.33 bits per heavy atom. The summed E-state index contributed by atoms with van der Waals surface area (Å²) < 4.78 is 16.0. The second-order valence-corrected chi connectivity index (χ2v) is 8.31. The lowest BCUT2D eigenvalue weighted by Gasteiger charge is -2.39. The van der Waals surface area contributed by atoms with Crippen molar-refractivity contribution < 1.29 is 19.0 Å². The molecule has 1 heterocycles. The minimum Gasteiger partial charge on any atom is -0.493 e. The third kappa shape index (κ3) is 7.37. The molecule has 0 bridgehead atoms. The first-order chi connectivity index (χ1) is 16.7. The second-order valence-electron chi connectivity index (χ2n) is 8.31. The Balaban J connectivity index is 0.00000228. The van der Waals surface area contributed by atoms with Crippen molar-refractivity contribution in [3.05, 3.63) is 95.6 Å². The van der Waals surface area contributed by atoms with Gasteiger partial charge < -0.3 is 14.2 Å². The first-order valence-corrected chi connectivity index (χ1v) is 11.6. The van der Waals surface area contributed by atoms with Gasteiger partial charge in [-0.3, -0.25) is 9.80 Å². The van der Waals surface area contributed by atoms with E-state index >= 15 is 0 Å².